The number of nitrogens with one attached hydrogen (secondary N) is 1. The molecule has 19 heavy (non-hydrogen) atoms. The van der Waals surface area contributed by atoms with E-state index in [1.807, 2.05) is 13.8 Å². The van der Waals surface area contributed by atoms with Gasteiger partial charge >= 0.3 is 0 Å². The monoisotopic (exact) mass is 281 g/mol. The van der Waals surface area contributed by atoms with E-state index in [2.05, 4.69) is 10.3 Å². The van der Waals surface area contributed by atoms with E-state index in [-0.39, 0.29) is 18.4 Å². The third-order valence-electron chi connectivity index (χ3n) is 3.23. The van der Waals surface area contributed by atoms with Crippen molar-refractivity contribution in [2.45, 2.75) is 39.5 Å². The SMILES string of the molecule is CCc1nc(NC(=O)CN2CCCCC2=O)sc1C. The van der Waals surface area contributed by atoms with Crippen LogP contribution in [0.25, 0.3) is 0 Å². The molecule has 1 fully saturated rings. The Bertz CT molecular complexity index is 484. The van der Waals surface area contributed by atoms with Gasteiger partial charge < -0.3 is 10.2 Å². The quantitative estimate of drug-likeness (QED) is 0.917. The number of aromatic nitrogens is 1. The molecule has 0 bridgehead atoms. The summed E-state index contributed by atoms with van der Waals surface area (Å²) >= 11 is 1.48. The van der Waals surface area contributed by atoms with Gasteiger partial charge in [-0.1, -0.05) is 6.92 Å². The lowest BCUT2D eigenvalue weighted by atomic mass is 10.1. The summed E-state index contributed by atoms with van der Waals surface area (Å²) in [6.07, 6.45) is 3.34. The Labute approximate surface area is 117 Å². The number of hydrogen-bond donors (Lipinski definition) is 1. The number of piperidine rings is 1. The Morgan fingerprint density at radius 1 is 1.47 bits per heavy atom. The van der Waals surface area contributed by atoms with E-state index in [1.165, 1.54) is 11.3 Å². The van der Waals surface area contributed by atoms with E-state index < -0.39 is 0 Å². The molecule has 2 amide bonds. The number of hydrogen-bond acceptors (Lipinski definition) is 4. The lowest BCUT2D eigenvalue weighted by molar-refractivity contribution is -0.136. The summed E-state index contributed by atoms with van der Waals surface area (Å²) in [6, 6.07) is 0. The molecule has 104 valence electrons. The molecule has 1 aromatic heterocycles. The standard InChI is InChI=1S/C13H19N3O2S/c1-3-10-9(2)19-13(14-10)15-11(17)8-16-7-5-4-6-12(16)18/h3-8H2,1-2H3,(H,14,15,17). The van der Waals surface area contributed by atoms with Crippen LogP contribution in [0.3, 0.4) is 0 Å². The first-order valence-corrected chi connectivity index (χ1v) is 7.45. The zero-order chi connectivity index (χ0) is 13.8. The van der Waals surface area contributed by atoms with Gasteiger partial charge in [-0.3, -0.25) is 9.59 Å². The zero-order valence-corrected chi connectivity index (χ0v) is 12.2. The molecule has 6 heteroatoms. The van der Waals surface area contributed by atoms with Crippen LogP contribution in [0.5, 0.6) is 0 Å². The maximum absolute atomic E-state index is 11.9. The van der Waals surface area contributed by atoms with Crippen molar-refractivity contribution in [2.24, 2.45) is 0 Å². The van der Waals surface area contributed by atoms with Gasteiger partial charge in [-0.2, -0.15) is 0 Å². The fourth-order valence-corrected chi connectivity index (χ4v) is 3.09. The number of rotatable bonds is 4. The van der Waals surface area contributed by atoms with Gasteiger partial charge in [0.1, 0.15) is 0 Å². The van der Waals surface area contributed by atoms with Crippen LogP contribution >= 0.6 is 11.3 Å². The number of anilines is 1. The van der Waals surface area contributed by atoms with Crippen LogP contribution in [-0.2, 0) is 16.0 Å². The summed E-state index contributed by atoms with van der Waals surface area (Å²) in [4.78, 5) is 30.6. The molecule has 5 nitrogen and oxygen atoms in total. The minimum absolute atomic E-state index is 0.0750. The first-order valence-electron chi connectivity index (χ1n) is 6.64. The number of carbonyl (C=O) groups excluding carboxylic acids is 2. The summed E-state index contributed by atoms with van der Waals surface area (Å²) in [7, 11) is 0. The van der Waals surface area contributed by atoms with Crippen molar-refractivity contribution < 1.29 is 9.59 Å². The first kappa shape index (κ1) is 14.0. The maximum Gasteiger partial charge on any atom is 0.245 e. The molecule has 0 radical (unpaired) electrons. The third kappa shape index (κ3) is 3.53. The number of thiazole rings is 1. The Morgan fingerprint density at radius 3 is 2.89 bits per heavy atom. The van der Waals surface area contributed by atoms with E-state index in [0.717, 1.165) is 29.8 Å². The molecule has 2 heterocycles. The fraction of sp³-hybridized carbons (Fsp3) is 0.615. The lowest BCUT2D eigenvalue weighted by Gasteiger charge is -2.25. The summed E-state index contributed by atoms with van der Waals surface area (Å²) < 4.78 is 0. The molecule has 0 spiro atoms. The van der Waals surface area contributed by atoms with Crippen molar-refractivity contribution >= 4 is 28.3 Å². The predicted molar refractivity (Wildman–Crippen MR) is 75.3 cm³/mol. The molecule has 0 saturated carbocycles. The molecule has 0 atom stereocenters. The summed E-state index contributed by atoms with van der Waals surface area (Å²) in [5.41, 5.74) is 1.02. The van der Waals surface area contributed by atoms with Crippen LogP contribution in [-0.4, -0.2) is 34.8 Å². The normalized spacial score (nSPS) is 15.7. The Kier molecular flexibility index (Phi) is 4.52. The van der Waals surface area contributed by atoms with Gasteiger partial charge in [0.05, 0.1) is 12.2 Å². The number of likely N-dealkylation sites (tertiary alicyclic amines) is 1. The minimum Gasteiger partial charge on any atom is -0.333 e. The molecular weight excluding hydrogens is 262 g/mol. The Hall–Kier alpha value is -1.43. The third-order valence-corrected chi connectivity index (χ3v) is 4.16. The second kappa shape index (κ2) is 6.14. The molecule has 1 aliphatic rings. The summed E-state index contributed by atoms with van der Waals surface area (Å²) in [5, 5.41) is 3.41. The van der Waals surface area contributed by atoms with E-state index in [1.54, 1.807) is 4.90 Å². The molecule has 2 rings (SSSR count). The zero-order valence-electron chi connectivity index (χ0n) is 11.4. The van der Waals surface area contributed by atoms with Crippen LogP contribution in [0.1, 0.15) is 36.8 Å². The fourth-order valence-electron chi connectivity index (χ4n) is 2.17. The van der Waals surface area contributed by atoms with Gasteiger partial charge in [0.2, 0.25) is 11.8 Å². The minimum atomic E-state index is -0.161. The van der Waals surface area contributed by atoms with Crippen molar-refractivity contribution in [3.63, 3.8) is 0 Å². The molecule has 0 unspecified atom stereocenters. The van der Waals surface area contributed by atoms with E-state index in [9.17, 15) is 9.59 Å². The summed E-state index contributed by atoms with van der Waals surface area (Å²) in [5.74, 6) is -0.0855. The van der Waals surface area contributed by atoms with Gasteiger partial charge in [0, 0.05) is 17.8 Å². The van der Waals surface area contributed by atoms with E-state index in [4.69, 9.17) is 0 Å². The van der Waals surface area contributed by atoms with Crippen molar-refractivity contribution in [1.29, 1.82) is 0 Å². The number of nitrogens with zero attached hydrogens (tertiary/aromatic N) is 2. The summed E-state index contributed by atoms with van der Waals surface area (Å²) in [6.45, 7) is 4.86. The van der Waals surface area contributed by atoms with Crippen molar-refractivity contribution in [3.8, 4) is 0 Å². The molecule has 1 saturated heterocycles. The first-order chi connectivity index (χ1) is 9.10. The molecule has 1 aromatic rings. The number of amides is 2. The predicted octanol–water partition coefficient (Wildman–Crippen LogP) is 1.96. The maximum atomic E-state index is 11.9. The second-order valence-electron chi connectivity index (χ2n) is 4.70. The van der Waals surface area contributed by atoms with E-state index in [0.29, 0.717) is 18.1 Å². The van der Waals surface area contributed by atoms with Gasteiger partial charge in [0.25, 0.3) is 0 Å². The van der Waals surface area contributed by atoms with Gasteiger partial charge in [-0.15, -0.1) is 11.3 Å². The van der Waals surface area contributed by atoms with Crippen LogP contribution in [0.15, 0.2) is 0 Å². The highest BCUT2D eigenvalue weighted by molar-refractivity contribution is 7.15. The largest absolute Gasteiger partial charge is 0.333 e. The van der Waals surface area contributed by atoms with Gasteiger partial charge in [-0.25, -0.2) is 4.98 Å². The lowest BCUT2D eigenvalue weighted by Crippen LogP contribution is -2.40. The Balaban J connectivity index is 1.91. The molecule has 1 aliphatic heterocycles. The number of carbonyl (C=O) groups is 2. The molecule has 0 aromatic carbocycles. The molecule has 1 N–H and O–H groups in total. The Morgan fingerprint density at radius 2 is 2.26 bits per heavy atom. The van der Waals surface area contributed by atoms with Crippen LogP contribution in [0, 0.1) is 6.92 Å². The molecular formula is C13H19N3O2S. The van der Waals surface area contributed by atoms with Crippen molar-refractivity contribution in [3.05, 3.63) is 10.6 Å². The van der Waals surface area contributed by atoms with Crippen LogP contribution < -0.4 is 5.32 Å². The highest BCUT2D eigenvalue weighted by atomic mass is 32.1. The average molecular weight is 281 g/mol. The smallest absolute Gasteiger partial charge is 0.245 e. The van der Waals surface area contributed by atoms with Crippen LogP contribution in [0.2, 0.25) is 0 Å². The number of aryl methyl sites for hydroxylation is 2. The topological polar surface area (TPSA) is 62.3 Å². The average Bonchev–Trinajstić information content (AvgIpc) is 2.72. The van der Waals surface area contributed by atoms with Gasteiger partial charge in [-0.05, 0) is 26.2 Å². The molecule has 0 aliphatic carbocycles. The van der Waals surface area contributed by atoms with Crippen molar-refractivity contribution in [1.82, 2.24) is 9.88 Å². The second-order valence-corrected chi connectivity index (χ2v) is 5.90. The van der Waals surface area contributed by atoms with Crippen molar-refractivity contribution in [2.75, 3.05) is 18.4 Å². The van der Waals surface area contributed by atoms with Gasteiger partial charge in [0.15, 0.2) is 5.13 Å². The van der Waals surface area contributed by atoms with Crippen LogP contribution in [0.4, 0.5) is 5.13 Å². The van der Waals surface area contributed by atoms with E-state index >= 15 is 0 Å². The highest BCUT2D eigenvalue weighted by Crippen LogP contribution is 2.22. The highest BCUT2D eigenvalue weighted by Gasteiger charge is 2.20.